The molecule has 1 heterocycles. The maximum absolute atomic E-state index is 5.89. The van der Waals surface area contributed by atoms with Gasteiger partial charge in [-0.05, 0) is 43.1 Å². The summed E-state index contributed by atoms with van der Waals surface area (Å²) in [7, 11) is 0. The lowest BCUT2D eigenvalue weighted by atomic mass is 10.2. The van der Waals surface area contributed by atoms with E-state index in [1.54, 1.807) is 6.20 Å². The van der Waals surface area contributed by atoms with Crippen molar-refractivity contribution in [3.8, 4) is 11.6 Å². The van der Waals surface area contributed by atoms with Gasteiger partial charge in [-0.2, -0.15) is 0 Å². The number of aromatic nitrogens is 1. The van der Waals surface area contributed by atoms with Crippen molar-refractivity contribution >= 4 is 0 Å². The molecule has 0 spiro atoms. The van der Waals surface area contributed by atoms with E-state index in [4.69, 9.17) is 4.74 Å². The van der Waals surface area contributed by atoms with Gasteiger partial charge in [-0.3, -0.25) is 0 Å². The monoisotopic (exact) mass is 270 g/mol. The highest BCUT2D eigenvalue weighted by Crippen LogP contribution is 2.23. The van der Waals surface area contributed by atoms with E-state index >= 15 is 0 Å². The largest absolute Gasteiger partial charge is 0.439 e. The summed E-state index contributed by atoms with van der Waals surface area (Å²) >= 11 is 0. The van der Waals surface area contributed by atoms with Crippen LogP contribution in [0.3, 0.4) is 0 Å². The molecule has 0 amide bonds. The number of hydrogen-bond donors (Lipinski definition) is 1. The minimum Gasteiger partial charge on any atom is -0.439 e. The fourth-order valence-corrected chi connectivity index (χ4v) is 1.96. The summed E-state index contributed by atoms with van der Waals surface area (Å²) in [6, 6.07) is 12.2. The first kappa shape index (κ1) is 14.5. The van der Waals surface area contributed by atoms with Crippen molar-refractivity contribution in [3.63, 3.8) is 0 Å². The molecule has 0 fully saturated rings. The summed E-state index contributed by atoms with van der Waals surface area (Å²) in [5.41, 5.74) is 2.39. The van der Waals surface area contributed by atoms with Crippen LogP contribution in [0.15, 0.2) is 42.6 Å². The highest BCUT2D eigenvalue weighted by Gasteiger charge is 2.05. The number of benzene rings is 1. The Morgan fingerprint density at radius 2 is 1.90 bits per heavy atom. The van der Waals surface area contributed by atoms with Crippen molar-refractivity contribution in [3.05, 3.63) is 53.7 Å². The van der Waals surface area contributed by atoms with Gasteiger partial charge in [-0.1, -0.05) is 32.0 Å². The van der Waals surface area contributed by atoms with Gasteiger partial charge >= 0.3 is 0 Å². The van der Waals surface area contributed by atoms with E-state index in [0.717, 1.165) is 37.2 Å². The molecule has 0 saturated heterocycles. The van der Waals surface area contributed by atoms with Crippen molar-refractivity contribution < 1.29 is 4.74 Å². The van der Waals surface area contributed by atoms with Crippen LogP contribution in [0.5, 0.6) is 11.6 Å². The average molecular weight is 270 g/mol. The maximum Gasteiger partial charge on any atom is 0.223 e. The molecule has 3 heteroatoms. The van der Waals surface area contributed by atoms with E-state index < -0.39 is 0 Å². The van der Waals surface area contributed by atoms with E-state index in [-0.39, 0.29) is 0 Å². The van der Waals surface area contributed by atoms with Gasteiger partial charge in [0, 0.05) is 18.3 Å². The van der Waals surface area contributed by atoms with E-state index in [1.807, 2.05) is 24.3 Å². The number of aryl methyl sites for hydroxylation is 1. The molecular weight excluding hydrogens is 248 g/mol. The molecule has 2 aromatic rings. The zero-order valence-corrected chi connectivity index (χ0v) is 12.2. The Morgan fingerprint density at radius 1 is 1.10 bits per heavy atom. The first-order chi connectivity index (χ1) is 9.83. The molecule has 2 rings (SSSR count). The number of hydrogen-bond acceptors (Lipinski definition) is 3. The standard InChI is InChI=1S/C17H22N2O/c1-3-11-18-13-15-6-5-12-19-17(15)20-16-9-7-14(4-2)8-10-16/h5-10,12,18H,3-4,11,13H2,1-2H3. The molecule has 0 aliphatic rings. The van der Waals surface area contributed by atoms with Crippen LogP contribution in [0.2, 0.25) is 0 Å². The van der Waals surface area contributed by atoms with E-state index in [1.165, 1.54) is 5.56 Å². The molecular formula is C17H22N2O. The molecule has 0 unspecified atom stereocenters. The third kappa shape index (κ3) is 4.07. The van der Waals surface area contributed by atoms with Crippen molar-refractivity contribution in [1.82, 2.24) is 10.3 Å². The highest BCUT2D eigenvalue weighted by molar-refractivity contribution is 5.33. The summed E-state index contributed by atoms with van der Waals surface area (Å²) in [6.07, 6.45) is 3.92. The molecule has 0 aliphatic carbocycles. The third-order valence-corrected chi connectivity index (χ3v) is 3.14. The molecule has 0 aliphatic heterocycles. The molecule has 20 heavy (non-hydrogen) atoms. The minimum absolute atomic E-state index is 0.681. The predicted molar refractivity (Wildman–Crippen MR) is 82.1 cm³/mol. The SMILES string of the molecule is CCCNCc1cccnc1Oc1ccc(CC)cc1. The smallest absolute Gasteiger partial charge is 0.223 e. The second kappa shape index (κ2) is 7.65. The molecule has 3 nitrogen and oxygen atoms in total. The van der Waals surface area contributed by atoms with Gasteiger partial charge in [0.2, 0.25) is 5.88 Å². The number of nitrogens with one attached hydrogen (secondary N) is 1. The lowest BCUT2D eigenvalue weighted by Crippen LogP contribution is -2.14. The van der Waals surface area contributed by atoms with Crippen molar-refractivity contribution in [1.29, 1.82) is 0 Å². The lowest BCUT2D eigenvalue weighted by Gasteiger charge is -2.10. The summed E-state index contributed by atoms with van der Waals surface area (Å²) in [5, 5.41) is 3.38. The average Bonchev–Trinajstić information content (AvgIpc) is 2.50. The summed E-state index contributed by atoms with van der Waals surface area (Å²) in [4.78, 5) is 4.33. The Balaban J connectivity index is 2.07. The molecule has 1 aromatic carbocycles. The molecule has 106 valence electrons. The third-order valence-electron chi connectivity index (χ3n) is 3.14. The fourth-order valence-electron chi connectivity index (χ4n) is 1.96. The minimum atomic E-state index is 0.681. The normalized spacial score (nSPS) is 10.5. The van der Waals surface area contributed by atoms with Gasteiger partial charge in [0.25, 0.3) is 0 Å². The first-order valence-electron chi connectivity index (χ1n) is 7.25. The number of pyridine rings is 1. The van der Waals surface area contributed by atoms with Crippen LogP contribution < -0.4 is 10.1 Å². The van der Waals surface area contributed by atoms with Gasteiger partial charge in [0.05, 0.1) is 0 Å². The topological polar surface area (TPSA) is 34.2 Å². The second-order valence-corrected chi connectivity index (χ2v) is 4.74. The molecule has 1 N–H and O–H groups in total. The molecule has 0 radical (unpaired) electrons. The Hall–Kier alpha value is -1.87. The molecule has 1 aromatic heterocycles. The van der Waals surface area contributed by atoms with Crippen LogP contribution in [0.1, 0.15) is 31.4 Å². The van der Waals surface area contributed by atoms with Gasteiger partial charge in [0.15, 0.2) is 0 Å². The summed E-state index contributed by atoms with van der Waals surface area (Å²) < 4.78 is 5.89. The summed E-state index contributed by atoms with van der Waals surface area (Å²) in [5.74, 6) is 1.51. The van der Waals surface area contributed by atoms with Gasteiger partial charge in [-0.15, -0.1) is 0 Å². The highest BCUT2D eigenvalue weighted by atomic mass is 16.5. The van der Waals surface area contributed by atoms with Gasteiger partial charge in [-0.25, -0.2) is 4.98 Å². The van der Waals surface area contributed by atoms with E-state index in [9.17, 15) is 0 Å². The number of nitrogens with zero attached hydrogens (tertiary/aromatic N) is 1. The van der Waals surface area contributed by atoms with Crippen molar-refractivity contribution in [2.75, 3.05) is 6.54 Å². The Morgan fingerprint density at radius 3 is 2.60 bits per heavy atom. The van der Waals surface area contributed by atoms with Crippen molar-refractivity contribution in [2.24, 2.45) is 0 Å². The molecule has 0 saturated carbocycles. The quantitative estimate of drug-likeness (QED) is 0.774. The summed E-state index contributed by atoms with van der Waals surface area (Å²) in [6.45, 7) is 6.08. The van der Waals surface area contributed by atoms with Gasteiger partial charge in [0.1, 0.15) is 5.75 Å². The van der Waals surface area contributed by atoms with Gasteiger partial charge < -0.3 is 10.1 Å². The zero-order valence-electron chi connectivity index (χ0n) is 12.2. The van der Waals surface area contributed by atoms with E-state index in [2.05, 4.69) is 36.3 Å². The second-order valence-electron chi connectivity index (χ2n) is 4.74. The van der Waals surface area contributed by atoms with Crippen LogP contribution in [0, 0.1) is 0 Å². The fraction of sp³-hybridized carbons (Fsp3) is 0.353. The van der Waals surface area contributed by atoms with Crippen LogP contribution >= 0.6 is 0 Å². The molecule has 0 bridgehead atoms. The number of rotatable bonds is 7. The zero-order chi connectivity index (χ0) is 14.2. The Kier molecular flexibility index (Phi) is 5.56. The van der Waals surface area contributed by atoms with Crippen LogP contribution in [-0.4, -0.2) is 11.5 Å². The van der Waals surface area contributed by atoms with Crippen LogP contribution in [-0.2, 0) is 13.0 Å². The Bertz CT molecular complexity index is 523. The van der Waals surface area contributed by atoms with Crippen LogP contribution in [0.25, 0.3) is 0 Å². The molecule has 0 atom stereocenters. The Labute approximate surface area is 121 Å². The van der Waals surface area contributed by atoms with E-state index in [0.29, 0.717) is 5.88 Å². The number of ether oxygens (including phenoxy) is 1. The van der Waals surface area contributed by atoms with Crippen LogP contribution in [0.4, 0.5) is 0 Å². The lowest BCUT2D eigenvalue weighted by molar-refractivity contribution is 0.452. The van der Waals surface area contributed by atoms with Crippen molar-refractivity contribution in [2.45, 2.75) is 33.2 Å². The predicted octanol–water partition coefficient (Wildman–Crippen LogP) is 3.94. The first-order valence-corrected chi connectivity index (χ1v) is 7.25. The maximum atomic E-state index is 5.89.